The van der Waals surface area contributed by atoms with Crippen molar-refractivity contribution in [3.8, 4) is 0 Å². The van der Waals surface area contributed by atoms with Gasteiger partial charge in [-0.15, -0.1) is 0 Å². The predicted molar refractivity (Wildman–Crippen MR) is 85.2 cm³/mol. The maximum absolute atomic E-state index is 13.1. The Morgan fingerprint density at radius 3 is 2.41 bits per heavy atom. The predicted octanol–water partition coefficient (Wildman–Crippen LogP) is 2.49. The molecule has 124 valence electrons. The number of ether oxygens (including phenoxy) is 1. The molecular formula is C16H25F2N3O. The summed E-state index contributed by atoms with van der Waals surface area (Å²) < 4.78 is 31.4. The van der Waals surface area contributed by atoms with Crippen molar-refractivity contribution >= 4 is 5.96 Å². The number of guanidine groups is 1. The standard InChI is InChI=1S/C16H25F2N3O/c1-3-22-9-5-4-7-20-16(19-2)21-8-6-13-10-14(17)12-15(18)11-13/h10-12H,3-9H2,1-2H3,(H2,19,20,21). The molecule has 0 aliphatic carbocycles. The van der Waals surface area contributed by atoms with Crippen LogP contribution in [0.15, 0.2) is 23.2 Å². The normalized spacial score (nSPS) is 11.5. The Balaban J connectivity index is 2.21. The van der Waals surface area contributed by atoms with Gasteiger partial charge in [0, 0.05) is 39.4 Å². The molecule has 6 heteroatoms. The van der Waals surface area contributed by atoms with Gasteiger partial charge in [-0.05, 0) is 43.9 Å². The van der Waals surface area contributed by atoms with Gasteiger partial charge in [-0.2, -0.15) is 0 Å². The Morgan fingerprint density at radius 1 is 1.09 bits per heavy atom. The second-order valence-electron chi connectivity index (χ2n) is 4.86. The molecule has 0 aromatic heterocycles. The lowest BCUT2D eigenvalue weighted by Gasteiger charge is -2.12. The van der Waals surface area contributed by atoms with Crippen LogP contribution in [0.25, 0.3) is 0 Å². The van der Waals surface area contributed by atoms with Crippen LogP contribution in [0.1, 0.15) is 25.3 Å². The molecular weight excluding hydrogens is 288 g/mol. The monoisotopic (exact) mass is 313 g/mol. The van der Waals surface area contributed by atoms with E-state index in [1.165, 1.54) is 12.1 Å². The van der Waals surface area contributed by atoms with Crippen molar-refractivity contribution in [1.82, 2.24) is 10.6 Å². The highest BCUT2D eigenvalue weighted by Gasteiger charge is 2.02. The third-order valence-corrected chi connectivity index (χ3v) is 3.06. The first-order chi connectivity index (χ1) is 10.7. The summed E-state index contributed by atoms with van der Waals surface area (Å²) in [6.07, 6.45) is 2.52. The van der Waals surface area contributed by atoms with Crippen molar-refractivity contribution in [2.24, 2.45) is 4.99 Å². The topological polar surface area (TPSA) is 45.6 Å². The van der Waals surface area contributed by atoms with Crippen LogP contribution < -0.4 is 10.6 Å². The van der Waals surface area contributed by atoms with Gasteiger partial charge in [0.05, 0.1) is 0 Å². The number of nitrogens with one attached hydrogen (secondary N) is 2. The summed E-state index contributed by atoms with van der Waals surface area (Å²) in [5.41, 5.74) is 0.622. The Labute approximate surface area is 131 Å². The lowest BCUT2D eigenvalue weighted by atomic mass is 10.1. The van der Waals surface area contributed by atoms with Gasteiger partial charge in [0.2, 0.25) is 0 Å². The summed E-state index contributed by atoms with van der Waals surface area (Å²) in [7, 11) is 1.69. The fraction of sp³-hybridized carbons (Fsp3) is 0.562. The first-order valence-corrected chi connectivity index (χ1v) is 7.63. The van der Waals surface area contributed by atoms with E-state index in [0.29, 0.717) is 24.5 Å². The minimum atomic E-state index is -0.549. The summed E-state index contributed by atoms with van der Waals surface area (Å²) in [4.78, 5) is 4.10. The molecule has 0 atom stereocenters. The first kappa shape index (κ1) is 18.4. The van der Waals surface area contributed by atoms with E-state index in [9.17, 15) is 8.78 Å². The summed E-state index contributed by atoms with van der Waals surface area (Å²) in [5.74, 6) is -0.410. The molecule has 0 aliphatic rings. The smallest absolute Gasteiger partial charge is 0.190 e. The van der Waals surface area contributed by atoms with Gasteiger partial charge in [-0.3, -0.25) is 4.99 Å². The molecule has 0 aliphatic heterocycles. The van der Waals surface area contributed by atoms with E-state index in [1.807, 2.05) is 6.92 Å². The van der Waals surface area contributed by atoms with Crippen LogP contribution in [0.2, 0.25) is 0 Å². The molecule has 0 heterocycles. The molecule has 0 saturated heterocycles. The third-order valence-electron chi connectivity index (χ3n) is 3.06. The Hall–Kier alpha value is -1.69. The van der Waals surface area contributed by atoms with Gasteiger partial charge in [0.15, 0.2) is 5.96 Å². The van der Waals surface area contributed by atoms with Crippen molar-refractivity contribution < 1.29 is 13.5 Å². The van der Waals surface area contributed by atoms with Crippen molar-refractivity contribution in [2.75, 3.05) is 33.4 Å². The molecule has 0 unspecified atom stereocenters. The maximum atomic E-state index is 13.1. The molecule has 4 nitrogen and oxygen atoms in total. The summed E-state index contributed by atoms with van der Waals surface area (Å²) >= 11 is 0. The Morgan fingerprint density at radius 2 is 1.77 bits per heavy atom. The lowest BCUT2D eigenvalue weighted by molar-refractivity contribution is 0.143. The quantitative estimate of drug-likeness (QED) is 0.418. The zero-order valence-corrected chi connectivity index (χ0v) is 13.3. The molecule has 0 spiro atoms. The second kappa shape index (κ2) is 11.0. The number of rotatable bonds is 9. The highest BCUT2D eigenvalue weighted by Crippen LogP contribution is 2.07. The third kappa shape index (κ3) is 7.93. The number of hydrogen-bond acceptors (Lipinski definition) is 2. The maximum Gasteiger partial charge on any atom is 0.190 e. The fourth-order valence-electron chi connectivity index (χ4n) is 1.98. The van der Waals surface area contributed by atoms with Crippen LogP contribution in [-0.4, -0.2) is 39.3 Å². The Bertz CT molecular complexity index is 446. The Kier molecular flexibility index (Phi) is 9.14. The largest absolute Gasteiger partial charge is 0.382 e. The molecule has 2 N–H and O–H groups in total. The van der Waals surface area contributed by atoms with Crippen LogP contribution in [0, 0.1) is 11.6 Å². The van der Waals surface area contributed by atoms with Crippen LogP contribution >= 0.6 is 0 Å². The summed E-state index contributed by atoms with van der Waals surface area (Å²) in [6, 6.07) is 3.56. The number of aliphatic imine (C=N–C) groups is 1. The zero-order chi connectivity index (χ0) is 16.2. The minimum absolute atomic E-state index is 0.528. The van der Waals surface area contributed by atoms with Gasteiger partial charge in [0.25, 0.3) is 0 Å². The highest BCUT2D eigenvalue weighted by atomic mass is 19.1. The highest BCUT2D eigenvalue weighted by molar-refractivity contribution is 5.79. The molecule has 1 aromatic carbocycles. The van der Waals surface area contributed by atoms with Gasteiger partial charge in [0.1, 0.15) is 11.6 Å². The number of halogens is 2. The average molecular weight is 313 g/mol. The summed E-state index contributed by atoms with van der Waals surface area (Å²) in [6.45, 7) is 4.87. The number of unbranched alkanes of at least 4 members (excludes halogenated alkanes) is 1. The average Bonchev–Trinajstić information content (AvgIpc) is 2.48. The van der Waals surface area contributed by atoms with Gasteiger partial charge >= 0.3 is 0 Å². The van der Waals surface area contributed by atoms with Crippen LogP contribution in [0.5, 0.6) is 0 Å². The van der Waals surface area contributed by atoms with Crippen molar-refractivity contribution in [2.45, 2.75) is 26.2 Å². The molecule has 22 heavy (non-hydrogen) atoms. The van der Waals surface area contributed by atoms with Crippen molar-refractivity contribution in [1.29, 1.82) is 0 Å². The van der Waals surface area contributed by atoms with E-state index in [1.54, 1.807) is 7.05 Å². The molecule has 0 radical (unpaired) electrons. The number of nitrogens with zero attached hydrogens (tertiary/aromatic N) is 1. The number of hydrogen-bond donors (Lipinski definition) is 2. The van der Waals surface area contributed by atoms with Crippen LogP contribution in [0.3, 0.4) is 0 Å². The second-order valence-corrected chi connectivity index (χ2v) is 4.86. The molecule has 0 fully saturated rings. The first-order valence-electron chi connectivity index (χ1n) is 7.63. The minimum Gasteiger partial charge on any atom is -0.382 e. The lowest BCUT2D eigenvalue weighted by Crippen LogP contribution is -2.38. The van der Waals surface area contributed by atoms with E-state index in [0.717, 1.165) is 38.7 Å². The number of benzene rings is 1. The van der Waals surface area contributed by atoms with E-state index in [4.69, 9.17) is 4.74 Å². The summed E-state index contributed by atoms with van der Waals surface area (Å²) in [5, 5.41) is 6.31. The van der Waals surface area contributed by atoms with Crippen molar-refractivity contribution in [3.63, 3.8) is 0 Å². The van der Waals surface area contributed by atoms with Gasteiger partial charge in [-0.25, -0.2) is 8.78 Å². The van der Waals surface area contributed by atoms with Crippen molar-refractivity contribution in [3.05, 3.63) is 35.4 Å². The van der Waals surface area contributed by atoms with E-state index in [-0.39, 0.29) is 0 Å². The molecule has 0 saturated carbocycles. The molecule has 0 bridgehead atoms. The zero-order valence-electron chi connectivity index (χ0n) is 13.3. The molecule has 1 rings (SSSR count). The van der Waals surface area contributed by atoms with Gasteiger partial charge < -0.3 is 15.4 Å². The molecule has 0 amide bonds. The fourth-order valence-corrected chi connectivity index (χ4v) is 1.98. The van der Waals surface area contributed by atoms with Crippen LogP contribution in [-0.2, 0) is 11.2 Å². The van der Waals surface area contributed by atoms with E-state index < -0.39 is 11.6 Å². The van der Waals surface area contributed by atoms with E-state index >= 15 is 0 Å². The van der Waals surface area contributed by atoms with Gasteiger partial charge in [-0.1, -0.05) is 0 Å². The van der Waals surface area contributed by atoms with E-state index in [2.05, 4.69) is 15.6 Å². The molecule has 1 aromatic rings. The SMILES string of the molecule is CCOCCCCNC(=NC)NCCc1cc(F)cc(F)c1. The van der Waals surface area contributed by atoms with Crippen LogP contribution in [0.4, 0.5) is 8.78 Å².